The van der Waals surface area contributed by atoms with Gasteiger partial charge in [0.05, 0.1) is 53.2 Å². The third kappa shape index (κ3) is 22.7. The molecule has 0 bridgehead atoms. The molecule has 0 radical (unpaired) electrons. The summed E-state index contributed by atoms with van der Waals surface area (Å²) in [6.45, 7) is 20.6. The van der Waals surface area contributed by atoms with Crippen molar-refractivity contribution in [2.24, 2.45) is 35.3 Å². The van der Waals surface area contributed by atoms with Gasteiger partial charge in [0.1, 0.15) is 29.7 Å². The number of carbonyl (C=O) groups excluding carboxylic acids is 8. The standard InChI is InChI=1S/C64H103N11O14S2/c1-16-40(6)55(46(86-14)34-51(79)74-29-20-23-45(74)56(87-15)41(7)58(82)69-43(60-67-28-32-90-60)33-42-21-18-17-19-22-42)73(13)62(85)53(38(2)3)70-59(83)54(39(4)5)72(12)50(78)24-26-64(10,11)88-31-27-63(8,9)71-48(76)25-30-75-52(80)35-47(61(75)84)91-37-44(57(65)81)68-49(77)36-89-66/h17-19,21-22,28,32,35,38-41,43-46,53-56,80,84H,16,20,23-27,29-31,33-34,36-37,66H2,1-15H3,(H2,65,81)(H,68,77)(H,69,82)(H,70,83)(H,71,76). The van der Waals surface area contributed by atoms with Gasteiger partial charge in [-0.05, 0) is 83.1 Å². The molecule has 10 atom stereocenters. The van der Waals surface area contributed by atoms with Crippen LogP contribution in [0.3, 0.4) is 0 Å². The minimum absolute atomic E-state index is 0.0388. The fraction of sp³-hybridized carbons (Fsp3) is 0.672. The second kappa shape index (κ2) is 36.2. The number of nitrogens with two attached hydrogens (primary N) is 2. The van der Waals surface area contributed by atoms with Gasteiger partial charge in [-0.15, -0.1) is 23.1 Å². The van der Waals surface area contributed by atoms with E-state index in [4.69, 9.17) is 25.8 Å². The third-order valence-electron chi connectivity index (χ3n) is 17.1. The Kier molecular flexibility index (Phi) is 30.7. The van der Waals surface area contributed by atoms with Crippen LogP contribution < -0.4 is 32.9 Å². The number of carbonyl (C=O) groups is 8. The van der Waals surface area contributed by atoms with Crippen molar-refractivity contribution in [3.63, 3.8) is 0 Å². The van der Waals surface area contributed by atoms with Crippen LogP contribution in [-0.4, -0.2) is 189 Å². The van der Waals surface area contributed by atoms with E-state index in [1.54, 1.807) is 37.2 Å². The van der Waals surface area contributed by atoms with Crippen molar-refractivity contribution in [3.8, 4) is 11.8 Å². The fourth-order valence-electron chi connectivity index (χ4n) is 11.6. The van der Waals surface area contributed by atoms with Crippen molar-refractivity contribution < 1.29 is 67.6 Å². The van der Waals surface area contributed by atoms with E-state index in [9.17, 15) is 48.6 Å². The zero-order chi connectivity index (χ0) is 68.1. The van der Waals surface area contributed by atoms with Crippen molar-refractivity contribution in [1.82, 2.24) is 45.5 Å². The molecule has 8 amide bonds. The molecule has 3 aromatic rings. The summed E-state index contributed by atoms with van der Waals surface area (Å²) in [5.74, 6) is -0.747. The number of nitrogens with zero attached hydrogens (tertiary/aromatic N) is 5. The van der Waals surface area contributed by atoms with Crippen LogP contribution in [0.1, 0.15) is 144 Å². The van der Waals surface area contributed by atoms with E-state index in [2.05, 4.69) is 31.1 Å². The van der Waals surface area contributed by atoms with E-state index in [1.165, 1.54) is 29.4 Å². The lowest BCUT2D eigenvalue weighted by atomic mass is 9.89. The van der Waals surface area contributed by atoms with Crippen molar-refractivity contribution in [3.05, 3.63) is 58.5 Å². The number of thioether (sulfide) groups is 1. The molecular formula is C64H103N11O14S2. The summed E-state index contributed by atoms with van der Waals surface area (Å²) >= 11 is 2.43. The smallest absolute Gasteiger partial charge is 0.248 e. The van der Waals surface area contributed by atoms with Gasteiger partial charge in [-0.1, -0.05) is 85.2 Å². The molecule has 1 aliphatic heterocycles. The Morgan fingerprint density at radius 3 is 2.14 bits per heavy atom. The largest absolute Gasteiger partial charge is 0.494 e. The minimum Gasteiger partial charge on any atom is -0.494 e. The Hall–Kier alpha value is -6.36. The molecule has 1 aliphatic rings. The lowest BCUT2D eigenvalue weighted by Gasteiger charge is -2.41. The van der Waals surface area contributed by atoms with Gasteiger partial charge in [-0.25, -0.2) is 10.9 Å². The highest BCUT2D eigenvalue weighted by molar-refractivity contribution is 7.99. The summed E-state index contributed by atoms with van der Waals surface area (Å²) in [4.78, 5) is 123. The number of aromatic hydroxyl groups is 2. The molecule has 2 aromatic heterocycles. The van der Waals surface area contributed by atoms with Crippen LogP contribution in [0.2, 0.25) is 0 Å². The summed E-state index contributed by atoms with van der Waals surface area (Å²) in [7, 11) is 6.35. The SMILES string of the molecule is CCC(C)C(C(CC(=O)N1CCCC1C(OC)C(C)C(=O)NC(Cc1ccccc1)c1nccs1)OC)N(C)C(=O)C(NC(=O)C(C(C)C)N(C)C(=O)CCC(C)(C)OCCC(C)(C)NC(=O)CCn1c(O)cc(SCC(NC(=O)CON)C(N)=O)c1O)C(C)C. The lowest BCUT2D eigenvalue weighted by molar-refractivity contribution is -0.148. The maximum absolute atomic E-state index is 14.9. The molecule has 3 heterocycles. The van der Waals surface area contributed by atoms with Crippen molar-refractivity contribution >= 4 is 70.4 Å². The molecule has 0 saturated carbocycles. The first-order chi connectivity index (χ1) is 42.8. The number of primary amides is 1. The maximum atomic E-state index is 14.9. The molecule has 91 heavy (non-hydrogen) atoms. The topological polar surface area (TPSA) is 342 Å². The van der Waals surface area contributed by atoms with Gasteiger partial charge >= 0.3 is 0 Å². The highest BCUT2D eigenvalue weighted by Crippen LogP contribution is 2.37. The van der Waals surface area contributed by atoms with Crippen LogP contribution in [0.5, 0.6) is 11.8 Å². The van der Waals surface area contributed by atoms with Crippen LogP contribution in [0, 0.1) is 23.7 Å². The Morgan fingerprint density at radius 2 is 1.56 bits per heavy atom. The van der Waals surface area contributed by atoms with E-state index in [0.717, 1.165) is 26.9 Å². The maximum Gasteiger partial charge on any atom is 0.248 e. The van der Waals surface area contributed by atoms with Crippen molar-refractivity contribution in [1.29, 1.82) is 0 Å². The van der Waals surface area contributed by atoms with E-state index in [0.29, 0.717) is 45.1 Å². The number of aromatic nitrogens is 2. The molecule has 0 spiro atoms. The first-order valence-corrected chi connectivity index (χ1v) is 33.2. The van der Waals surface area contributed by atoms with Gasteiger partial charge in [0.25, 0.3) is 0 Å². The second-order valence-electron chi connectivity index (χ2n) is 25.7. The van der Waals surface area contributed by atoms with Gasteiger partial charge in [-0.2, -0.15) is 0 Å². The molecule has 4 rings (SSSR count). The summed E-state index contributed by atoms with van der Waals surface area (Å²) in [5.41, 5.74) is 4.92. The number of hydrogen-bond donors (Lipinski definition) is 8. The third-order valence-corrected chi connectivity index (χ3v) is 19.1. The van der Waals surface area contributed by atoms with Crippen molar-refractivity contribution in [2.45, 2.75) is 205 Å². The van der Waals surface area contributed by atoms with Gasteiger partial charge in [-0.3, -0.25) is 47.8 Å². The Labute approximate surface area is 545 Å². The average Bonchev–Trinajstić information content (AvgIpc) is 2.11. The van der Waals surface area contributed by atoms with E-state index in [1.807, 2.05) is 112 Å². The molecule has 1 fully saturated rings. The highest BCUT2D eigenvalue weighted by atomic mass is 32.2. The molecule has 510 valence electrons. The van der Waals surface area contributed by atoms with Crippen LogP contribution in [0.25, 0.3) is 0 Å². The van der Waals surface area contributed by atoms with Crippen LogP contribution >= 0.6 is 23.1 Å². The summed E-state index contributed by atoms with van der Waals surface area (Å²) in [5, 5.41) is 35.6. The Morgan fingerprint density at radius 1 is 0.879 bits per heavy atom. The number of ether oxygens (including phenoxy) is 3. The van der Waals surface area contributed by atoms with Gasteiger partial charge in [0, 0.05) is 89.8 Å². The quantitative estimate of drug-likeness (QED) is 0.0269. The monoisotopic (exact) mass is 1310 g/mol. The zero-order valence-electron chi connectivity index (χ0n) is 55.9. The number of hydrogen-bond acceptors (Lipinski definition) is 18. The minimum atomic E-state index is -1.13. The number of amides is 8. The number of nitrogens with one attached hydrogen (secondary N) is 4. The summed E-state index contributed by atoms with van der Waals surface area (Å²) in [6.07, 6.45) is 3.47. The lowest BCUT2D eigenvalue weighted by Crippen LogP contribution is -2.60. The zero-order valence-corrected chi connectivity index (χ0v) is 57.6. The van der Waals surface area contributed by atoms with Crippen molar-refractivity contribution in [2.75, 3.05) is 53.8 Å². The number of benzene rings is 1. The van der Waals surface area contributed by atoms with Crippen LogP contribution in [0.4, 0.5) is 0 Å². The highest BCUT2D eigenvalue weighted by Gasteiger charge is 2.44. The Bertz CT molecular complexity index is 2840. The van der Waals surface area contributed by atoms with E-state index in [-0.39, 0.29) is 108 Å². The number of thiazole rings is 1. The summed E-state index contributed by atoms with van der Waals surface area (Å²) < 4.78 is 19.6. The molecule has 27 heteroatoms. The van der Waals surface area contributed by atoms with Gasteiger partial charge < -0.3 is 66.1 Å². The predicted octanol–water partition coefficient (Wildman–Crippen LogP) is 5.20. The number of likely N-dealkylation sites (N-methyl/N-ethyl adjacent to an activating group) is 2. The first-order valence-electron chi connectivity index (χ1n) is 31.3. The van der Waals surface area contributed by atoms with E-state index < -0.39 is 83.8 Å². The average molecular weight is 1310 g/mol. The molecule has 25 nitrogen and oxygen atoms in total. The molecule has 1 aromatic carbocycles. The van der Waals surface area contributed by atoms with Gasteiger partial charge in [0.2, 0.25) is 53.1 Å². The van der Waals surface area contributed by atoms with E-state index >= 15 is 0 Å². The number of rotatable bonds is 39. The molecule has 10 N–H and O–H groups in total. The second-order valence-corrected chi connectivity index (χ2v) is 27.6. The molecule has 0 aliphatic carbocycles. The molecular weight excluding hydrogens is 1210 g/mol. The molecule has 1 saturated heterocycles. The van der Waals surface area contributed by atoms with Crippen LogP contribution in [0.15, 0.2) is 52.9 Å². The normalized spacial score (nSPS) is 16.6. The Balaban J connectivity index is 1.33. The number of methoxy groups -OCH3 is 2. The fourth-order valence-corrected chi connectivity index (χ4v) is 13.3. The number of likely N-dealkylation sites (tertiary alicyclic amines) is 1. The first kappa shape index (κ1) is 77.1. The summed E-state index contributed by atoms with van der Waals surface area (Å²) in [6, 6.07) is 6.77. The van der Waals surface area contributed by atoms with Crippen LogP contribution in [-0.2, 0) is 70.4 Å². The molecule has 10 unspecified atom stereocenters. The van der Waals surface area contributed by atoms with Gasteiger partial charge in [0.15, 0.2) is 5.88 Å². The predicted molar refractivity (Wildman–Crippen MR) is 348 cm³/mol.